The molecule has 1 saturated heterocycles. The van der Waals surface area contributed by atoms with Crippen LogP contribution in [-0.4, -0.2) is 24.7 Å². The van der Waals surface area contributed by atoms with Crippen molar-refractivity contribution in [2.75, 3.05) is 6.54 Å². The lowest BCUT2D eigenvalue weighted by atomic mass is 9.75. The van der Waals surface area contributed by atoms with E-state index in [0.29, 0.717) is 30.2 Å². The molecule has 0 spiro atoms. The Hall–Kier alpha value is -0.570. The second kappa shape index (κ2) is 6.74. The van der Waals surface area contributed by atoms with Crippen molar-refractivity contribution in [1.82, 2.24) is 5.32 Å². The molecule has 19 heavy (non-hydrogen) atoms. The zero-order valence-corrected chi connectivity index (χ0v) is 12.7. The van der Waals surface area contributed by atoms with Gasteiger partial charge in [0.25, 0.3) is 0 Å². The highest BCUT2D eigenvalue weighted by Gasteiger charge is 2.33. The van der Waals surface area contributed by atoms with E-state index in [1.165, 1.54) is 19.3 Å². The zero-order chi connectivity index (χ0) is 13.8. The molecule has 1 aliphatic heterocycles. The molecule has 0 aromatic carbocycles. The van der Waals surface area contributed by atoms with Crippen LogP contribution in [-0.2, 0) is 9.53 Å². The highest BCUT2D eigenvalue weighted by atomic mass is 16.5. The Bertz CT molecular complexity index is 297. The van der Waals surface area contributed by atoms with Gasteiger partial charge in [-0.1, -0.05) is 27.2 Å². The number of carbonyl (C=O) groups is 1. The third-order valence-corrected chi connectivity index (χ3v) is 4.82. The monoisotopic (exact) mass is 267 g/mol. The van der Waals surface area contributed by atoms with Crippen LogP contribution in [0.1, 0.15) is 59.3 Å². The predicted octanol–water partition coefficient (Wildman–Crippen LogP) is 3.13. The molecule has 2 rings (SSSR count). The SMILES string of the molecule is CC1CCC(C(C)C)C(OC(=O)CC2CCCN2)C1. The van der Waals surface area contributed by atoms with Gasteiger partial charge in [0.05, 0.1) is 6.42 Å². The summed E-state index contributed by atoms with van der Waals surface area (Å²) in [6.45, 7) is 7.82. The first-order chi connectivity index (χ1) is 9.06. The molecule has 4 unspecified atom stereocenters. The van der Waals surface area contributed by atoms with Crippen molar-refractivity contribution < 1.29 is 9.53 Å². The minimum atomic E-state index is 0.00384. The van der Waals surface area contributed by atoms with Gasteiger partial charge < -0.3 is 10.1 Å². The van der Waals surface area contributed by atoms with Crippen LogP contribution in [0.3, 0.4) is 0 Å². The second-order valence-corrected chi connectivity index (χ2v) is 6.85. The van der Waals surface area contributed by atoms with Gasteiger partial charge in [-0.2, -0.15) is 0 Å². The molecule has 4 atom stereocenters. The van der Waals surface area contributed by atoms with Crippen LogP contribution in [0.4, 0.5) is 0 Å². The quantitative estimate of drug-likeness (QED) is 0.795. The summed E-state index contributed by atoms with van der Waals surface area (Å²) in [6.07, 6.45) is 6.54. The van der Waals surface area contributed by atoms with E-state index >= 15 is 0 Å². The molecule has 1 saturated carbocycles. The Balaban J connectivity index is 1.85. The van der Waals surface area contributed by atoms with Crippen LogP contribution in [0.25, 0.3) is 0 Å². The van der Waals surface area contributed by atoms with E-state index in [1.54, 1.807) is 0 Å². The van der Waals surface area contributed by atoms with Gasteiger partial charge in [-0.05, 0) is 50.0 Å². The molecule has 1 N–H and O–H groups in total. The van der Waals surface area contributed by atoms with Gasteiger partial charge >= 0.3 is 5.97 Å². The molecule has 0 aromatic rings. The summed E-state index contributed by atoms with van der Waals surface area (Å²) in [5.41, 5.74) is 0. The lowest BCUT2D eigenvalue weighted by Gasteiger charge is -2.36. The average Bonchev–Trinajstić information content (AvgIpc) is 2.81. The lowest BCUT2D eigenvalue weighted by Crippen LogP contribution is -2.37. The fourth-order valence-corrected chi connectivity index (χ4v) is 3.60. The lowest BCUT2D eigenvalue weighted by molar-refractivity contribution is -0.156. The summed E-state index contributed by atoms with van der Waals surface area (Å²) in [5.74, 6) is 1.85. The van der Waals surface area contributed by atoms with E-state index in [9.17, 15) is 4.79 Å². The molecule has 110 valence electrons. The summed E-state index contributed by atoms with van der Waals surface area (Å²) < 4.78 is 5.82. The van der Waals surface area contributed by atoms with E-state index in [0.717, 1.165) is 19.4 Å². The highest BCUT2D eigenvalue weighted by Crippen LogP contribution is 2.35. The van der Waals surface area contributed by atoms with Crippen LogP contribution < -0.4 is 5.32 Å². The fraction of sp³-hybridized carbons (Fsp3) is 0.938. The minimum absolute atomic E-state index is 0.00384. The highest BCUT2D eigenvalue weighted by molar-refractivity contribution is 5.70. The van der Waals surface area contributed by atoms with Gasteiger partial charge in [-0.25, -0.2) is 0 Å². The van der Waals surface area contributed by atoms with Crippen molar-refractivity contribution in [1.29, 1.82) is 0 Å². The van der Waals surface area contributed by atoms with Crippen LogP contribution in [0, 0.1) is 17.8 Å². The molecule has 2 fully saturated rings. The molecule has 0 radical (unpaired) electrons. The summed E-state index contributed by atoms with van der Waals surface area (Å²) >= 11 is 0. The number of rotatable bonds is 4. The summed E-state index contributed by atoms with van der Waals surface area (Å²) in [4.78, 5) is 12.1. The Morgan fingerprint density at radius 3 is 2.74 bits per heavy atom. The molecule has 0 amide bonds. The maximum Gasteiger partial charge on any atom is 0.307 e. The standard InChI is InChI=1S/C16H29NO2/c1-11(2)14-7-6-12(3)9-15(14)19-16(18)10-13-5-4-8-17-13/h11-15,17H,4-10H2,1-3H3. The van der Waals surface area contributed by atoms with Crippen LogP contribution in [0.15, 0.2) is 0 Å². The molecule has 1 aliphatic carbocycles. The molecular weight excluding hydrogens is 238 g/mol. The van der Waals surface area contributed by atoms with E-state index in [2.05, 4.69) is 26.1 Å². The first-order valence-corrected chi connectivity index (χ1v) is 7.99. The molecule has 0 aromatic heterocycles. The third-order valence-electron chi connectivity index (χ3n) is 4.82. The Labute approximate surface area is 117 Å². The van der Waals surface area contributed by atoms with E-state index in [4.69, 9.17) is 4.74 Å². The van der Waals surface area contributed by atoms with Crippen molar-refractivity contribution in [2.45, 2.75) is 71.4 Å². The zero-order valence-electron chi connectivity index (χ0n) is 12.7. The molecular formula is C16H29NO2. The fourth-order valence-electron chi connectivity index (χ4n) is 3.60. The van der Waals surface area contributed by atoms with Crippen molar-refractivity contribution in [3.8, 4) is 0 Å². The van der Waals surface area contributed by atoms with Crippen LogP contribution in [0.5, 0.6) is 0 Å². The second-order valence-electron chi connectivity index (χ2n) is 6.85. The summed E-state index contributed by atoms with van der Waals surface area (Å²) in [5, 5.41) is 3.37. The topological polar surface area (TPSA) is 38.3 Å². The predicted molar refractivity (Wildman–Crippen MR) is 76.9 cm³/mol. The first-order valence-electron chi connectivity index (χ1n) is 7.99. The molecule has 0 bridgehead atoms. The van der Waals surface area contributed by atoms with Gasteiger partial charge in [0.15, 0.2) is 0 Å². The van der Waals surface area contributed by atoms with Gasteiger partial charge in [-0.15, -0.1) is 0 Å². The minimum Gasteiger partial charge on any atom is -0.462 e. The van der Waals surface area contributed by atoms with Crippen molar-refractivity contribution in [3.63, 3.8) is 0 Å². The largest absolute Gasteiger partial charge is 0.462 e. The maximum atomic E-state index is 12.1. The van der Waals surface area contributed by atoms with Gasteiger partial charge in [0.1, 0.15) is 6.10 Å². The first kappa shape index (κ1) is 14.8. The number of ether oxygens (including phenoxy) is 1. The summed E-state index contributed by atoms with van der Waals surface area (Å²) in [6, 6.07) is 0.353. The van der Waals surface area contributed by atoms with Crippen molar-refractivity contribution in [3.05, 3.63) is 0 Å². The number of nitrogens with one attached hydrogen (secondary N) is 1. The number of hydrogen-bond donors (Lipinski definition) is 1. The van der Waals surface area contributed by atoms with E-state index < -0.39 is 0 Å². The number of hydrogen-bond acceptors (Lipinski definition) is 3. The van der Waals surface area contributed by atoms with Gasteiger partial charge in [0, 0.05) is 6.04 Å². The third kappa shape index (κ3) is 4.20. The van der Waals surface area contributed by atoms with Crippen LogP contribution >= 0.6 is 0 Å². The average molecular weight is 267 g/mol. The maximum absolute atomic E-state index is 12.1. The Kier molecular flexibility index (Phi) is 5.26. The smallest absolute Gasteiger partial charge is 0.307 e. The van der Waals surface area contributed by atoms with Crippen LogP contribution in [0.2, 0.25) is 0 Å². The van der Waals surface area contributed by atoms with Crippen molar-refractivity contribution >= 4 is 5.97 Å². The summed E-state index contributed by atoms with van der Waals surface area (Å²) in [7, 11) is 0. The van der Waals surface area contributed by atoms with E-state index in [-0.39, 0.29) is 12.1 Å². The van der Waals surface area contributed by atoms with E-state index in [1.807, 2.05) is 0 Å². The number of carbonyl (C=O) groups excluding carboxylic acids is 1. The molecule has 3 nitrogen and oxygen atoms in total. The molecule has 3 heteroatoms. The Morgan fingerprint density at radius 2 is 2.11 bits per heavy atom. The van der Waals surface area contributed by atoms with Gasteiger partial charge in [0.2, 0.25) is 0 Å². The normalized spacial score (nSPS) is 35.6. The van der Waals surface area contributed by atoms with Gasteiger partial charge in [-0.3, -0.25) is 4.79 Å². The molecule has 1 heterocycles. The van der Waals surface area contributed by atoms with Crippen molar-refractivity contribution in [2.24, 2.45) is 17.8 Å². The Morgan fingerprint density at radius 1 is 1.32 bits per heavy atom. The number of esters is 1. The molecule has 2 aliphatic rings.